The predicted molar refractivity (Wildman–Crippen MR) is 93.2 cm³/mol. The van der Waals surface area contributed by atoms with Crippen molar-refractivity contribution in [2.45, 2.75) is 58.7 Å². The van der Waals surface area contributed by atoms with Crippen LogP contribution >= 0.6 is 0 Å². The number of likely N-dealkylation sites (tertiary alicyclic amines) is 1. The van der Waals surface area contributed by atoms with Crippen LogP contribution in [0.5, 0.6) is 0 Å². The number of hydrogen-bond donors (Lipinski definition) is 2. The number of hydrogen-bond acceptors (Lipinski definition) is 3. The first kappa shape index (κ1) is 18.0. The van der Waals surface area contributed by atoms with Gasteiger partial charge in [-0.2, -0.15) is 0 Å². The van der Waals surface area contributed by atoms with Crippen molar-refractivity contribution in [3.05, 3.63) is 35.4 Å². The number of rotatable bonds is 5. The maximum Gasteiger partial charge on any atom is 0.237 e. The van der Waals surface area contributed by atoms with Crippen LogP contribution in [-0.2, 0) is 4.79 Å². The quantitative estimate of drug-likeness (QED) is 0.877. The molecule has 4 unspecified atom stereocenters. The largest absolute Gasteiger partial charge is 0.393 e. The van der Waals surface area contributed by atoms with Crippen LogP contribution in [0.4, 0.5) is 0 Å². The normalized spacial score (nSPS) is 23.1. The van der Waals surface area contributed by atoms with E-state index in [4.69, 9.17) is 0 Å². The zero-order chi connectivity index (χ0) is 17.0. The maximum atomic E-state index is 12.6. The molecule has 2 N–H and O–H groups in total. The molecule has 0 radical (unpaired) electrons. The Morgan fingerprint density at radius 2 is 2.00 bits per heavy atom. The number of nitrogens with one attached hydrogen (secondary N) is 1. The fourth-order valence-electron chi connectivity index (χ4n) is 3.44. The number of aryl methyl sites for hydroxylation is 1. The first-order chi connectivity index (χ1) is 10.9. The third-order valence-electron chi connectivity index (χ3n) is 5.11. The molecule has 4 heteroatoms. The molecule has 128 valence electrons. The minimum absolute atomic E-state index is 0.00324. The zero-order valence-electron chi connectivity index (χ0n) is 14.7. The van der Waals surface area contributed by atoms with Gasteiger partial charge in [-0.1, -0.05) is 24.3 Å². The third-order valence-corrected chi connectivity index (χ3v) is 5.11. The number of amides is 1. The maximum absolute atomic E-state index is 12.6. The lowest BCUT2D eigenvalue weighted by atomic mass is 9.92. The second-order valence-corrected chi connectivity index (χ2v) is 6.90. The van der Waals surface area contributed by atoms with Crippen LogP contribution < -0.4 is 5.32 Å². The molecule has 0 saturated carbocycles. The Kier molecular flexibility index (Phi) is 6.19. The summed E-state index contributed by atoms with van der Waals surface area (Å²) >= 11 is 0. The molecule has 4 nitrogen and oxygen atoms in total. The van der Waals surface area contributed by atoms with E-state index in [1.807, 2.05) is 32.9 Å². The first-order valence-corrected chi connectivity index (χ1v) is 8.68. The van der Waals surface area contributed by atoms with Crippen molar-refractivity contribution in [3.63, 3.8) is 0 Å². The topological polar surface area (TPSA) is 52.6 Å². The van der Waals surface area contributed by atoms with E-state index < -0.39 is 0 Å². The summed E-state index contributed by atoms with van der Waals surface area (Å²) in [5.74, 6) is 0.333. The zero-order valence-corrected chi connectivity index (χ0v) is 14.7. The fourth-order valence-corrected chi connectivity index (χ4v) is 3.44. The van der Waals surface area contributed by atoms with Crippen molar-refractivity contribution < 1.29 is 9.90 Å². The molecule has 23 heavy (non-hydrogen) atoms. The summed E-state index contributed by atoms with van der Waals surface area (Å²) in [6, 6.07) is 7.99. The standard InChI is InChI=1S/C19H30N2O2/c1-13-8-5-6-10-18(13)14(2)20-19(23)15(3)21-11-7-9-17(12-21)16(4)22/h5-6,8,10,14-17,22H,7,9,11-12H2,1-4H3,(H,20,23). The lowest BCUT2D eigenvalue weighted by molar-refractivity contribution is -0.127. The molecular weight excluding hydrogens is 288 g/mol. The van der Waals surface area contributed by atoms with E-state index in [-0.39, 0.29) is 30.0 Å². The second-order valence-electron chi connectivity index (χ2n) is 6.90. The Morgan fingerprint density at radius 1 is 1.30 bits per heavy atom. The van der Waals surface area contributed by atoms with E-state index in [0.717, 1.165) is 31.5 Å². The van der Waals surface area contributed by atoms with Gasteiger partial charge in [-0.3, -0.25) is 9.69 Å². The van der Waals surface area contributed by atoms with Crippen LogP contribution in [0.3, 0.4) is 0 Å². The van der Waals surface area contributed by atoms with E-state index in [1.165, 1.54) is 5.56 Å². The van der Waals surface area contributed by atoms with E-state index >= 15 is 0 Å². The van der Waals surface area contributed by atoms with Crippen molar-refractivity contribution >= 4 is 5.91 Å². The number of benzene rings is 1. The highest BCUT2D eigenvalue weighted by Gasteiger charge is 2.29. The molecule has 1 aliphatic rings. The summed E-state index contributed by atoms with van der Waals surface area (Å²) in [7, 11) is 0. The molecule has 0 spiro atoms. The fraction of sp³-hybridized carbons (Fsp3) is 0.632. The van der Waals surface area contributed by atoms with Crippen molar-refractivity contribution in [2.75, 3.05) is 13.1 Å². The average Bonchev–Trinajstić information content (AvgIpc) is 2.54. The number of aliphatic hydroxyl groups excluding tert-OH is 1. The molecule has 1 aromatic carbocycles. The van der Waals surface area contributed by atoms with Crippen LogP contribution in [0.1, 0.15) is 50.8 Å². The molecule has 0 aliphatic carbocycles. The highest BCUT2D eigenvalue weighted by molar-refractivity contribution is 5.81. The SMILES string of the molecule is Cc1ccccc1C(C)NC(=O)C(C)N1CCCC(C(C)O)C1. The van der Waals surface area contributed by atoms with Gasteiger partial charge in [-0.25, -0.2) is 0 Å². The number of piperidine rings is 1. The van der Waals surface area contributed by atoms with Gasteiger partial charge in [0.05, 0.1) is 18.2 Å². The molecule has 0 bridgehead atoms. The van der Waals surface area contributed by atoms with E-state index in [9.17, 15) is 9.90 Å². The van der Waals surface area contributed by atoms with Gasteiger partial charge >= 0.3 is 0 Å². The first-order valence-electron chi connectivity index (χ1n) is 8.68. The number of aliphatic hydroxyl groups is 1. The molecule has 1 saturated heterocycles. The third kappa shape index (κ3) is 4.55. The minimum Gasteiger partial charge on any atom is -0.393 e. The molecule has 4 atom stereocenters. The van der Waals surface area contributed by atoms with Gasteiger partial charge in [-0.05, 0) is 64.1 Å². The lowest BCUT2D eigenvalue weighted by Gasteiger charge is -2.37. The highest BCUT2D eigenvalue weighted by atomic mass is 16.3. The van der Waals surface area contributed by atoms with E-state index in [2.05, 4.69) is 29.3 Å². The van der Waals surface area contributed by atoms with Crippen molar-refractivity contribution in [2.24, 2.45) is 5.92 Å². The summed E-state index contributed by atoms with van der Waals surface area (Å²) in [6.45, 7) is 9.63. The van der Waals surface area contributed by atoms with Crippen LogP contribution in [0.25, 0.3) is 0 Å². The molecule has 2 rings (SSSR count). The molecule has 1 aromatic rings. The summed E-state index contributed by atoms with van der Waals surface area (Å²) in [6.07, 6.45) is 1.78. The Bertz CT molecular complexity index is 530. The van der Waals surface area contributed by atoms with Crippen LogP contribution in [0, 0.1) is 12.8 Å². The summed E-state index contributed by atoms with van der Waals surface area (Å²) in [5, 5.41) is 12.9. The van der Waals surface area contributed by atoms with E-state index in [0.29, 0.717) is 0 Å². The molecule has 1 fully saturated rings. The Labute approximate surface area is 139 Å². The average molecular weight is 318 g/mol. The van der Waals surface area contributed by atoms with E-state index in [1.54, 1.807) is 0 Å². The predicted octanol–water partition coefficient (Wildman–Crippen LogP) is 2.65. The molecule has 1 amide bonds. The van der Waals surface area contributed by atoms with Gasteiger partial charge in [0, 0.05) is 6.54 Å². The van der Waals surface area contributed by atoms with Gasteiger partial charge in [0.2, 0.25) is 5.91 Å². The number of carbonyl (C=O) groups is 1. The summed E-state index contributed by atoms with van der Waals surface area (Å²) in [4.78, 5) is 14.8. The van der Waals surface area contributed by atoms with Crippen LogP contribution in [0.2, 0.25) is 0 Å². The van der Waals surface area contributed by atoms with Crippen molar-refractivity contribution in [3.8, 4) is 0 Å². The Balaban J connectivity index is 1.96. The summed E-state index contributed by atoms with van der Waals surface area (Å²) in [5.41, 5.74) is 2.36. The smallest absolute Gasteiger partial charge is 0.237 e. The minimum atomic E-state index is -0.307. The van der Waals surface area contributed by atoms with Gasteiger partial charge in [0.25, 0.3) is 0 Å². The number of nitrogens with zero attached hydrogens (tertiary/aromatic N) is 1. The van der Waals surface area contributed by atoms with Crippen LogP contribution in [-0.4, -0.2) is 41.1 Å². The molecule has 1 aliphatic heterocycles. The Morgan fingerprint density at radius 3 is 2.65 bits per heavy atom. The monoisotopic (exact) mass is 318 g/mol. The van der Waals surface area contributed by atoms with Crippen LogP contribution in [0.15, 0.2) is 24.3 Å². The molecule has 0 aromatic heterocycles. The number of carbonyl (C=O) groups excluding carboxylic acids is 1. The highest BCUT2D eigenvalue weighted by Crippen LogP contribution is 2.22. The van der Waals surface area contributed by atoms with Gasteiger partial charge in [0.15, 0.2) is 0 Å². The molecule has 1 heterocycles. The second kappa shape index (κ2) is 7.93. The van der Waals surface area contributed by atoms with Gasteiger partial charge in [0.1, 0.15) is 0 Å². The Hall–Kier alpha value is -1.39. The van der Waals surface area contributed by atoms with Gasteiger partial charge < -0.3 is 10.4 Å². The van der Waals surface area contributed by atoms with Crippen molar-refractivity contribution in [1.29, 1.82) is 0 Å². The van der Waals surface area contributed by atoms with Gasteiger partial charge in [-0.15, -0.1) is 0 Å². The molecular formula is C19H30N2O2. The lowest BCUT2D eigenvalue weighted by Crippen LogP contribution is -2.50. The van der Waals surface area contributed by atoms with Crippen molar-refractivity contribution in [1.82, 2.24) is 10.2 Å². The summed E-state index contributed by atoms with van der Waals surface area (Å²) < 4.78 is 0.